The number of rotatable bonds is 5. The van der Waals surface area contributed by atoms with Crippen LogP contribution in [0.3, 0.4) is 0 Å². The first-order valence-corrected chi connectivity index (χ1v) is 5.66. The van der Waals surface area contributed by atoms with Crippen LogP contribution in [-0.4, -0.2) is 36.6 Å². The molecule has 1 unspecified atom stereocenters. The van der Waals surface area contributed by atoms with Crippen molar-refractivity contribution in [1.29, 1.82) is 0 Å². The Morgan fingerprint density at radius 2 is 2.00 bits per heavy atom. The van der Waals surface area contributed by atoms with E-state index < -0.39 is 0 Å². The van der Waals surface area contributed by atoms with E-state index in [1.807, 2.05) is 13.1 Å². The molecule has 0 spiro atoms. The molecule has 1 atom stereocenters. The van der Waals surface area contributed by atoms with Gasteiger partial charge in [0.2, 0.25) is 0 Å². The van der Waals surface area contributed by atoms with Crippen LogP contribution in [0, 0.1) is 0 Å². The van der Waals surface area contributed by atoms with Gasteiger partial charge in [0.15, 0.2) is 0 Å². The molecular formula is C12H24N2. The third-order valence-corrected chi connectivity index (χ3v) is 3.52. The van der Waals surface area contributed by atoms with Crippen LogP contribution in [0.2, 0.25) is 0 Å². The summed E-state index contributed by atoms with van der Waals surface area (Å²) in [7, 11) is 2.05. The van der Waals surface area contributed by atoms with Gasteiger partial charge in [-0.05, 0) is 53.2 Å². The Bertz CT molecular complexity index is 181. The summed E-state index contributed by atoms with van der Waals surface area (Å²) in [6, 6.07) is 0.512. The van der Waals surface area contributed by atoms with Crippen molar-refractivity contribution in [2.24, 2.45) is 0 Å². The van der Waals surface area contributed by atoms with Crippen molar-refractivity contribution in [3.63, 3.8) is 0 Å². The minimum atomic E-state index is 0.249. The lowest BCUT2D eigenvalue weighted by molar-refractivity contribution is 0.111. The first kappa shape index (κ1) is 11.7. The molecule has 1 fully saturated rings. The molecule has 2 heteroatoms. The minimum absolute atomic E-state index is 0.249. The maximum Gasteiger partial charge on any atom is 0.0309 e. The van der Waals surface area contributed by atoms with E-state index in [0.717, 1.165) is 6.42 Å². The van der Waals surface area contributed by atoms with E-state index in [9.17, 15) is 0 Å². The molecule has 0 aromatic carbocycles. The molecule has 2 nitrogen and oxygen atoms in total. The van der Waals surface area contributed by atoms with Crippen LogP contribution in [0.25, 0.3) is 0 Å². The van der Waals surface area contributed by atoms with E-state index in [1.54, 1.807) is 0 Å². The van der Waals surface area contributed by atoms with Crippen LogP contribution in [0.5, 0.6) is 0 Å². The molecule has 0 radical (unpaired) electrons. The van der Waals surface area contributed by atoms with E-state index in [0.29, 0.717) is 6.04 Å². The topological polar surface area (TPSA) is 15.3 Å². The van der Waals surface area contributed by atoms with Gasteiger partial charge in [-0.3, -0.25) is 4.90 Å². The fourth-order valence-corrected chi connectivity index (χ4v) is 2.44. The Kier molecular flexibility index (Phi) is 4.14. The van der Waals surface area contributed by atoms with Crippen molar-refractivity contribution in [1.82, 2.24) is 10.2 Å². The van der Waals surface area contributed by atoms with Gasteiger partial charge in [-0.15, -0.1) is 6.58 Å². The molecule has 0 aromatic heterocycles. The van der Waals surface area contributed by atoms with Crippen molar-refractivity contribution in [3.8, 4) is 0 Å². The van der Waals surface area contributed by atoms with Gasteiger partial charge in [-0.2, -0.15) is 0 Å². The summed E-state index contributed by atoms with van der Waals surface area (Å²) >= 11 is 0. The molecule has 0 bridgehead atoms. The standard InChI is InChI=1S/C12H24N2/c1-5-8-11(13-4)12(2,3)14-9-6-7-10-14/h5,11,13H,1,6-10H2,2-4H3. The Hall–Kier alpha value is -0.340. The van der Waals surface area contributed by atoms with Crippen molar-refractivity contribution in [3.05, 3.63) is 12.7 Å². The Labute approximate surface area is 88.4 Å². The number of nitrogens with zero attached hydrogens (tertiary/aromatic N) is 1. The minimum Gasteiger partial charge on any atom is -0.315 e. The second kappa shape index (κ2) is 4.94. The first-order chi connectivity index (χ1) is 6.62. The highest BCUT2D eigenvalue weighted by molar-refractivity contribution is 4.97. The van der Waals surface area contributed by atoms with Crippen LogP contribution >= 0.6 is 0 Å². The van der Waals surface area contributed by atoms with Crippen molar-refractivity contribution in [2.75, 3.05) is 20.1 Å². The summed E-state index contributed by atoms with van der Waals surface area (Å²) in [5.41, 5.74) is 0.249. The molecular weight excluding hydrogens is 172 g/mol. The highest BCUT2D eigenvalue weighted by Crippen LogP contribution is 2.25. The van der Waals surface area contributed by atoms with Crippen molar-refractivity contribution < 1.29 is 0 Å². The molecule has 82 valence electrons. The SMILES string of the molecule is C=CCC(NC)C(C)(C)N1CCCC1. The van der Waals surface area contributed by atoms with Gasteiger partial charge in [-0.25, -0.2) is 0 Å². The average molecular weight is 196 g/mol. The van der Waals surface area contributed by atoms with Gasteiger partial charge in [0.05, 0.1) is 0 Å². The molecule has 1 N–H and O–H groups in total. The van der Waals surface area contributed by atoms with E-state index in [4.69, 9.17) is 0 Å². The predicted molar refractivity (Wildman–Crippen MR) is 62.5 cm³/mol. The maximum absolute atomic E-state index is 3.83. The average Bonchev–Trinajstić information content (AvgIpc) is 2.66. The fraction of sp³-hybridized carbons (Fsp3) is 0.833. The number of nitrogens with one attached hydrogen (secondary N) is 1. The molecule has 0 aliphatic carbocycles. The molecule has 0 aromatic rings. The lowest BCUT2D eigenvalue weighted by atomic mass is 9.90. The Morgan fingerprint density at radius 3 is 2.43 bits per heavy atom. The Morgan fingerprint density at radius 1 is 1.43 bits per heavy atom. The van der Waals surface area contributed by atoms with Gasteiger partial charge in [-0.1, -0.05) is 6.08 Å². The van der Waals surface area contributed by atoms with E-state index in [1.165, 1.54) is 25.9 Å². The predicted octanol–water partition coefficient (Wildman–Crippen LogP) is 2.02. The fourth-order valence-electron chi connectivity index (χ4n) is 2.44. The summed E-state index contributed by atoms with van der Waals surface area (Å²) in [6.45, 7) is 11.0. The summed E-state index contributed by atoms with van der Waals surface area (Å²) in [5.74, 6) is 0. The third-order valence-electron chi connectivity index (χ3n) is 3.52. The van der Waals surface area contributed by atoms with Crippen LogP contribution < -0.4 is 5.32 Å². The molecule has 1 aliphatic heterocycles. The van der Waals surface area contributed by atoms with Crippen molar-refractivity contribution in [2.45, 2.75) is 44.7 Å². The molecule has 1 rings (SSSR count). The van der Waals surface area contributed by atoms with Crippen molar-refractivity contribution >= 4 is 0 Å². The second-order valence-corrected chi connectivity index (χ2v) is 4.71. The maximum atomic E-state index is 3.83. The first-order valence-electron chi connectivity index (χ1n) is 5.66. The van der Waals surface area contributed by atoms with E-state index in [2.05, 4.69) is 30.6 Å². The highest BCUT2D eigenvalue weighted by atomic mass is 15.2. The number of hydrogen-bond acceptors (Lipinski definition) is 2. The molecule has 14 heavy (non-hydrogen) atoms. The summed E-state index contributed by atoms with van der Waals surface area (Å²) < 4.78 is 0. The normalized spacial score (nSPS) is 21.1. The van der Waals surface area contributed by atoms with E-state index >= 15 is 0 Å². The summed E-state index contributed by atoms with van der Waals surface area (Å²) in [5, 5.41) is 3.41. The zero-order valence-electron chi connectivity index (χ0n) is 9.84. The molecule has 1 aliphatic rings. The third kappa shape index (κ3) is 2.37. The van der Waals surface area contributed by atoms with Crippen LogP contribution in [0.15, 0.2) is 12.7 Å². The highest BCUT2D eigenvalue weighted by Gasteiger charge is 2.34. The van der Waals surface area contributed by atoms with Crippen LogP contribution in [0.4, 0.5) is 0 Å². The largest absolute Gasteiger partial charge is 0.315 e. The van der Waals surface area contributed by atoms with Crippen LogP contribution in [-0.2, 0) is 0 Å². The van der Waals surface area contributed by atoms with Gasteiger partial charge in [0, 0.05) is 11.6 Å². The lowest BCUT2D eigenvalue weighted by Crippen LogP contribution is -2.55. The molecule has 1 heterocycles. The number of likely N-dealkylation sites (tertiary alicyclic amines) is 1. The molecule has 1 saturated heterocycles. The summed E-state index contributed by atoms with van der Waals surface area (Å²) in [4.78, 5) is 2.59. The quantitative estimate of drug-likeness (QED) is 0.677. The van der Waals surface area contributed by atoms with Gasteiger partial charge < -0.3 is 5.32 Å². The zero-order chi connectivity index (χ0) is 10.6. The van der Waals surface area contributed by atoms with Gasteiger partial charge in [0.25, 0.3) is 0 Å². The monoisotopic (exact) mass is 196 g/mol. The van der Waals surface area contributed by atoms with Gasteiger partial charge >= 0.3 is 0 Å². The Balaban J connectivity index is 2.63. The second-order valence-electron chi connectivity index (χ2n) is 4.71. The molecule has 0 amide bonds. The van der Waals surface area contributed by atoms with Gasteiger partial charge in [0.1, 0.15) is 0 Å². The van der Waals surface area contributed by atoms with E-state index in [-0.39, 0.29) is 5.54 Å². The summed E-state index contributed by atoms with van der Waals surface area (Å²) in [6.07, 6.45) is 5.76. The smallest absolute Gasteiger partial charge is 0.0309 e. The zero-order valence-corrected chi connectivity index (χ0v) is 9.84. The van der Waals surface area contributed by atoms with Crippen LogP contribution in [0.1, 0.15) is 33.1 Å². The number of hydrogen-bond donors (Lipinski definition) is 1. The molecule has 0 saturated carbocycles. The lowest BCUT2D eigenvalue weighted by Gasteiger charge is -2.41. The number of likely N-dealkylation sites (N-methyl/N-ethyl adjacent to an activating group) is 1.